The Balaban J connectivity index is 1.79. The Kier molecular flexibility index (Phi) is 7.57. The molecule has 156 valence electrons. The standard InChI is InChI=1S/C22H28N2O5/c1-3-5-11-28-13-14-29-19-15-18-20(17-9-7-6-8-16(17)19)22(26)24(21(18)25)23-10-12-27-4-2/h6-9,15,23H,3-5,10-14H2,1-2H3. The second-order valence-electron chi connectivity index (χ2n) is 6.71. The maximum Gasteiger partial charge on any atom is 0.276 e. The van der Waals surface area contributed by atoms with Crippen LogP contribution in [0, 0.1) is 0 Å². The summed E-state index contributed by atoms with van der Waals surface area (Å²) in [6, 6.07) is 9.13. The van der Waals surface area contributed by atoms with Gasteiger partial charge in [0.1, 0.15) is 12.4 Å². The van der Waals surface area contributed by atoms with Gasteiger partial charge in [-0.15, -0.1) is 0 Å². The number of unbranched alkanes of at least 4 members (excludes halogenated alkanes) is 1. The molecule has 0 bridgehead atoms. The van der Waals surface area contributed by atoms with Crippen molar-refractivity contribution in [3.8, 4) is 5.75 Å². The first-order chi connectivity index (χ1) is 14.2. The molecule has 29 heavy (non-hydrogen) atoms. The van der Waals surface area contributed by atoms with E-state index in [0.717, 1.165) is 23.2 Å². The summed E-state index contributed by atoms with van der Waals surface area (Å²) in [7, 11) is 0. The molecule has 2 aromatic rings. The SMILES string of the molecule is CCCCOCCOc1cc2c(c3ccccc13)C(=O)N(NCCOCC)C2=O. The van der Waals surface area contributed by atoms with E-state index < -0.39 is 0 Å². The summed E-state index contributed by atoms with van der Waals surface area (Å²) in [6.45, 7) is 6.94. The third-order valence-electron chi connectivity index (χ3n) is 4.70. The Morgan fingerprint density at radius 1 is 0.931 bits per heavy atom. The van der Waals surface area contributed by atoms with Crippen LogP contribution in [0.25, 0.3) is 10.8 Å². The van der Waals surface area contributed by atoms with E-state index in [1.807, 2.05) is 31.2 Å². The van der Waals surface area contributed by atoms with Gasteiger partial charge < -0.3 is 14.2 Å². The van der Waals surface area contributed by atoms with Crippen molar-refractivity contribution in [1.29, 1.82) is 0 Å². The maximum atomic E-state index is 12.9. The summed E-state index contributed by atoms with van der Waals surface area (Å²) >= 11 is 0. The molecule has 7 nitrogen and oxygen atoms in total. The molecule has 0 saturated heterocycles. The number of imide groups is 1. The number of hydrazine groups is 1. The van der Waals surface area contributed by atoms with Crippen molar-refractivity contribution in [2.45, 2.75) is 26.7 Å². The van der Waals surface area contributed by atoms with Crippen molar-refractivity contribution in [1.82, 2.24) is 10.4 Å². The number of ether oxygens (including phenoxy) is 3. The summed E-state index contributed by atoms with van der Waals surface area (Å²) in [5.41, 5.74) is 3.62. The van der Waals surface area contributed by atoms with E-state index in [0.29, 0.717) is 61.8 Å². The molecule has 7 heteroatoms. The summed E-state index contributed by atoms with van der Waals surface area (Å²) in [5, 5.41) is 2.57. The van der Waals surface area contributed by atoms with Crippen molar-refractivity contribution in [2.24, 2.45) is 0 Å². The van der Waals surface area contributed by atoms with E-state index in [1.165, 1.54) is 0 Å². The second kappa shape index (κ2) is 10.3. The third-order valence-corrected chi connectivity index (χ3v) is 4.70. The average Bonchev–Trinajstić information content (AvgIpc) is 2.98. The number of benzene rings is 2. The number of amides is 2. The predicted octanol–water partition coefficient (Wildman–Crippen LogP) is 3.17. The van der Waals surface area contributed by atoms with Gasteiger partial charge in [0, 0.05) is 25.1 Å². The number of fused-ring (bicyclic) bond motifs is 3. The number of carbonyl (C=O) groups excluding carboxylic acids is 2. The third kappa shape index (κ3) is 4.75. The highest BCUT2D eigenvalue weighted by molar-refractivity contribution is 6.26. The van der Waals surface area contributed by atoms with Crippen molar-refractivity contribution < 1.29 is 23.8 Å². The first-order valence-corrected chi connectivity index (χ1v) is 10.1. The molecular formula is C22H28N2O5. The van der Waals surface area contributed by atoms with E-state index in [2.05, 4.69) is 12.3 Å². The molecule has 0 radical (unpaired) electrons. The smallest absolute Gasteiger partial charge is 0.276 e. The van der Waals surface area contributed by atoms with Gasteiger partial charge in [0.15, 0.2) is 0 Å². The van der Waals surface area contributed by atoms with E-state index in [1.54, 1.807) is 6.07 Å². The Morgan fingerprint density at radius 3 is 2.48 bits per heavy atom. The Morgan fingerprint density at radius 2 is 1.72 bits per heavy atom. The summed E-state index contributed by atoms with van der Waals surface area (Å²) in [5.74, 6) is -0.154. The van der Waals surface area contributed by atoms with Gasteiger partial charge in [-0.25, -0.2) is 10.4 Å². The highest BCUT2D eigenvalue weighted by atomic mass is 16.5. The van der Waals surface area contributed by atoms with Gasteiger partial charge >= 0.3 is 0 Å². The van der Waals surface area contributed by atoms with E-state index in [-0.39, 0.29) is 11.8 Å². The minimum Gasteiger partial charge on any atom is -0.491 e. The van der Waals surface area contributed by atoms with Gasteiger partial charge in [-0.2, -0.15) is 0 Å². The number of nitrogens with zero attached hydrogens (tertiary/aromatic N) is 1. The predicted molar refractivity (Wildman–Crippen MR) is 110 cm³/mol. The topological polar surface area (TPSA) is 77.1 Å². The molecule has 0 aliphatic carbocycles. The van der Waals surface area contributed by atoms with Crippen LogP contribution >= 0.6 is 0 Å². The quantitative estimate of drug-likeness (QED) is 0.436. The maximum absolute atomic E-state index is 12.9. The number of hydrogen-bond donors (Lipinski definition) is 1. The molecule has 0 atom stereocenters. The lowest BCUT2D eigenvalue weighted by atomic mass is 9.99. The second-order valence-corrected chi connectivity index (χ2v) is 6.71. The van der Waals surface area contributed by atoms with E-state index in [4.69, 9.17) is 14.2 Å². The first-order valence-electron chi connectivity index (χ1n) is 10.1. The van der Waals surface area contributed by atoms with Crippen LogP contribution in [0.4, 0.5) is 0 Å². The number of nitrogens with one attached hydrogen (secondary N) is 1. The lowest BCUT2D eigenvalue weighted by molar-refractivity contribution is 0.0534. The highest BCUT2D eigenvalue weighted by Gasteiger charge is 2.38. The number of carbonyl (C=O) groups is 2. The first kappa shape index (κ1) is 21.2. The number of rotatable bonds is 12. The molecule has 3 rings (SSSR count). The van der Waals surface area contributed by atoms with Crippen LogP contribution in [0.2, 0.25) is 0 Å². The van der Waals surface area contributed by atoms with Crippen molar-refractivity contribution in [3.63, 3.8) is 0 Å². The zero-order valence-corrected chi connectivity index (χ0v) is 17.0. The average molecular weight is 400 g/mol. The van der Waals surface area contributed by atoms with Crippen LogP contribution in [0.15, 0.2) is 30.3 Å². The monoisotopic (exact) mass is 400 g/mol. The zero-order chi connectivity index (χ0) is 20.6. The molecule has 1 heterocycles. The van der Waals surface area contributed by atoms with Gasteiger partial charge in [0.25, 0.3) is 11.8 Å². The largest absolute Gasteiger partial charge is 0.491 e. The summed E-state index contributed by atoms with van der Waals surface area (Å²) in [4.78, 5) is 25.7. The van der Waals surface area contributed by atoms with Crippen LogP contribution in [0.3, 0.4) is 0 Å². The van der Waals surface area contributed by atoms with Gasteiger partial charge in [-0.05, 0) is 24.8 Å². The van der Waals surface area contributed by atoms with Crippen LogP contribution in [0.5, 0.6) is 5.75 Å². The van der Waals surface area contributed by atoms with Crippen molar-refractivity contribution in [3.05, 3.63) is 41.5 Å². The molecule has 2 aromatic carbocycles. The lowest BCUT2D eigenvalue weighted by Crippen LogP contribution is -2.43. The molecule has 0 aromatic heterocycles. The molecule has 2 amide bonds. The molecule has 1 aliphatic rings. The van der Waals surface area contributed by atoms with E-state index >= 15 is 0 Å². The highest BCUT2D eigenvalue weighted by Crippen LogP contribution is 2.36. The minimum absolute atomic E-state index is 0.347. The Bertz CT molecular complexity index is 868. The van der Waals surface area contributed by atoms with Crippen LogP contribution in [0.1, 0.15) is 47.4 Å². The van der Waals surface area contributed by atoms with Crippen molar-refractivity contribution >= 4 is 22.6 Å². The summed E-state index contributed by atoms with van der Waals surface area (Å²) < 4.78 is 16.7. The fourth-order valence-corrected chi connectivity index (χ4v) is 3.26. The van der Waals surface area contributed by atoms with Crippen LogP contribution < -0.4 is 10.2 Å². The van der Waals surface area contributed by atoms with Crippen LogP contribution in [-0.4, -0.2) is 56.4 Å². The Labute approximate surface area is 170 Å². The minimum atomic E-state index is -0.378. The van der Waals surface area contributed by atoms with Gasteiger partial charge in [-0.1, -0.05) is 37.6 Å². The zero-order valence-electron chi connectivity index (χ0n) is 17.0. The molecule has 1 aliphatic heterocycles. The molecule has 0 saturated carbocycles. The fraction of sp³-hybridized carbons (Fsp3) is 0.455. The number of hydrogen-bond acceptors (Lipinski definition) is 6. The van der Waals surface area contributed by atoms with Gasteiger partial charge in [-0.3, -0.25) is 9.59 Å². The van der Waals surface area contributed by atoms with Crippen molar-refractivity contribution in [2.75, 3.05) is 39.6 Å². The van der Waals surface area contributed by atoms with Crippen LogP contribution in [-0.2, 0) is 9.47 Å². The van der Waals surface area contributed by atoms with Gasteiger partial charge in [0.05, 0.1) is 24.3 Å². The Hall–Kier alpha value is -2.48. The van der Waals surface area contributed by atoms with Gasteiger partial charge in [0.2, 0.25) is 0 Å². The molecule has 0 fully saturated rings. The van der Waals surface area contributed by atoms with E-state index in [9.17, 15) is 9.59 Å². The molecule has 0 spiro atoms. The summed E-state index contributed by atoms with van der Waals surface area (Å²) in [6.07, 6.45) is 2.10. The molecular weight excluding hydrogens is 372 g/mol. The molecule has 0 unspecified atom stereocenters. The molecule has 1 N–H and O–H groups in total. The normalized spacial score (nSPS) is 13.4. The fourth-order valence-electron chi connectivity index (χ4n) is 3.26. The lowest BCUT2D eigenvalue weighted by Gasteiger charge is -2.14.